The summed E-state index contributed by atoms with van der Waals surface area (Å²) in [6, 6.07) is 0.402. The van der Waals surface area contributed by atoms with Gasteiger partial charge in [-0.3, -0.25) is 4.79 Å². The number of nitrogens with two attached hydrogens (primary N) is 1. The van der Waals surface area contributed by atoms with Crippen LogP contribution >= 0.6 is 0 Å². The van der Waals surface area contributed by atoms with Crippen molar-refractivity contribution in [1.29, 1.82) is 0 Å². The van der Waals surface area contributed by atoms with E-state index >= 15 is 0 Å². The van der Waals surface area contributed by atoms with Crippen molar-refractivity contribution in [2.24, 2.45) is 23.0 Å². The largest absolute Gasteiger partial charge is 0.353 e. The maximum atomic E-state index is 12.4. The molecule has 3 N–H and O–H groups in total. The van der Waals surface area contributed by atoms with Gasteiger partial charge in [0.1, 0.15) is 0 Å². The average Bonchev–Trinajstić information content (AvgIpc) is 2.35. The van der Waals surface area contributed by atoms with Crippen molar-refractivity contribution in [2.45, 2.75) is 64.8 Å². The Kier molecular flexibility index (Phi) is 4.31. The van der Waals surface area contributed by atoms with Gasteiger partial charge in [0, 0.05) is 12.6 Å². The van der Waals surface area contributed by atoms with Crippen LogP contribution in [0.1, 0.15) is 58.8 Å². The van der Waals surface area contributed by atoms with Crippen LogP contribution in [0.15, 0.2) is 0 Å². The van der Waals surface area contributed by atoms with Gasteiger partial charge in [0.05, 0.1) is 5.41 Å². The average molecular weight is 252 g/mol. The minimum atomic E-state index is -0.235. The van der Waals surface area contributed by atoms with Crippen LogP contribution < -0.4 is 11.1 Å². The number of rotatable bonds is 4. The summed E-state index contributed by atoms with van der Waals surface area (Å²) in [5, 5.41) is 3.26. The number of carbonyl (C=O) groups excluding carboxylic acids is 1. The Morgan fingerprint density at radius 2 is 1.89 bits per heavy atom. The van der Waals surface area contributed by atoms with Gasteiger partial charge in [0.25, 0.3) is 0 Å². The molecule has 2 aliphatic carbocycles. The normalized spacial score (nSPS) is 40.1. The van der Waals surface area contributed by atoms with Crippen molar-refractivity contribution < 1.29 is 4.79 Å². The number of carbonyl (C=O) groups is 1. The highest BCUT2D eigenvalue weighted by atomic mass is 16.2. The molecule has 0 spiro atoms. The molecule has 2 aliphatic rings. The second kappa shape index (κ2) is 5.60. The molecule has 0 bridgehead atoms. The molecule has 3 heteroatoms. The van der Waals surface area contributed by atoms with Crippen molar-refractivity contribution >= 4 is 5.91 Å². The Bertz CT molecular complexity index is 289. The van der Waals surface area contributed by atoms with Gasteiger partial charge in [-0.2, -0.15) is 0 Å². The highest BCUT2D eigenvalue weighted by Gasteiger charge is 2.47. The maximum Gasteiger partial charge on any atom is 0.227 e. The standard InChI is InChI=1S/C15H28N2O/c1-3-12-4-6-13(7-5-12)17-14(18)15(10-16)8-11(2)9-15/h11-13H,3-10,16H2,1-2H3,(H,17,18). The fourth-order valence-corrected chi connectivity index (χ4v) is 3.77. The second-order valence-corrected chi connectivity index (χ2v) is 6.60. The Labute approximate surface area is 111 Å². The van der Waals surface area contributed by atoms with E-state index in [0.29, 0.717) is 18.5 Å². The smallest absolute Gasteiger partial charge is 0.227 e. The van der Waals surface area contributed by atoms with Gasteiger partial charge in [-0.25, -0.2) is 0 Å². The predicted octanol–water partition coefficient (Wildman–Crippen LogP) is 2.45. The lowest BCUT2D eigenvalue weighted by atomic mass is 9.62. The highest BCUT2D eigenvalue weighted by molar-refractivity contribution is 5.84. The molecule has 2 rings (SSSR count). The van der Waals surface area contributed by atoms with Gasteiger partial charge in [-0.15, -0.1) is 0 Å². The van der Waals surface area contributed by atoms with Crippen LogP contribution in [0.4, 0.5) is 0 Å². The van der Waals surface area contributed by atoms with Crippen LogP contribution in [0, 0.1) is 17.3 Å². The summed E-state index contributed by atoms with van der Waals surface area (Å²) in [6.07, 6.45) is 8.08. The van der Waals surface area contributed by atoms with E-state index in [-0.39, 0.29) is 11.3 Å². The number of hydrogen-bond acceptors (Lipinski definition) is 2. The van der Waals surface area contributed by atoms with Crippen molar-refractivity contribution in [3.63, 3.8) is 0 Å². The topological polar surface area (TPSA) is 55.1 Å². The summed E-state index contributed by atoms with van der Waals surface area (Å²) in [4.78, 5) is 12.4. The maximum absolute atomic E-state index is 12.4. The molecular formula is C15H28N2O. The van der Waals surface area contributed by atoms with E-state index in [0.717, 1.165) is 31.6 Å². The van der Waals surface area contributed by atoms with Crippen LogP contribution in [0.2, 0.25) is 0 Å². The molecule has 0 heterocycles. The van der Waals surface area contributed by atoms with Crippen LogP contribution in [0.3, 0.4) is 0 Å². The van der Waals surface area contributed by atoms with Crippen molar-refractivity contribution in [3.8, 4) is 0 Å². The first-order valence-electron chi connectivity index (χ1n) is 7.60. The van der Waals surface area contributed by atoms with Gasteiger partial charge in [0.15, 0.2) is 0 Å². The number of hydrogen-bond donors (Lipinski definition) is 2. The first kappa shape index (κ1) is 13.9. The number of nitrogens with one attached hydrogen (secondary N) is 1. The molecule has 104 valence electrons. The summed E-state index contributed by atoms with van der Waals surface area (Å²) < 4.78 is 0. The minimum Gasteiger partial charge on any atom is -0.353 e. The lowest BCUT2D eigenvalue weighted by molar-refractivity contribution is -0.139. The summed E-state index contributed by atoms with van der Waals surface area (Å²) in [5.41, 5.74) is 5.58. The Hall–Kier alpha value is -0.570. The highest BCUT2D eigenvalue weighted by Crippen LogP contribution is 2.45. The van der Waals surface area contributed by atoms with Crippen LogP contribution in [-0.2, 0) is 4.79 Å². The molecule has 0 saturated heterocycles. The first-order valence-corrected chi connectivity index (χ1v) is 7.60. The number of amides is 1. The molecule has 0 atom stereocenters. The van der Waals surface area contributed by atoms with E-state index in [1.165, 1.54) is 19.3 Å². The van der Waals surface area contributed by atoms with Crippen LogP contribution in [0.25, 0.3) is 0 Å². The molecule has 2 saturated carbocycles. The molecule has 0 aliphatic heterocycles. The Morgan fingerprint density at radius 3 is 2.33 bits per heavy atom. The molecule has 18 heavy (non-hydrogen) atoms. The van der Waals surface area contributed by atoms with E-state index in [1.807, 2.05) is 0 Å². The van der Waals surface area contributed by atoms with Gasteiger partial charge >= 0.3 is 0 Å². The molecule has 0 radical (unpaired) electrons. The van der Waals surface area contributed by atoms with Gasteiger partial charge < -0.3 is 11.1 Å². The molecular weight excluding hydrogens is 224 g/mol. The summed E-state index contributed by atoms with van der Waals surface area (Å²) in [7, 11) is 0. The van der Waals surface area contributed by atoms with E-state index in [1.54, 1.807) is 0 Å². The third-order valence-electron chi connectivity index (χ3n) is 5.11. The summed E-state index contributed by atoms with van der Waals surface area (Å²) in [5.74, 6) is 1.77. The fourth-order valence-electron chi connectivity index (χ4n) is 3.77. The quantitative estimate of drug-likeness (QED) is 0.807. The lowest BCUT2D eigenvalue weighted by Crippen LogP contribution is -2.55. The molecule has 0 aromatic rings. The molecule has 1 amide bonds. The minimum absolute atomic E-state index is 0.225. The first-order chi connectivity index (χ1) is 8.59. The van der Waals surface area contributed by atoms with Gasteiger partial charge in [0.2, 0.25) is 5.91 Å². The lowest BCUT2D eigenvalue weighted by Gasteiger charge is -2.45. The summed E-state index contributed by atoms with van der Waals surface area (Å²) >= 11 is 0. The van der Waals surface area contributed by atoms with E-state index < -0.39 is 0 Å². The zero-order chi connectivity index (χ0) is 13.2. The van der Waals surface area contributed by atoms with Crippen molar-refractivity contribution in [3.05, 3.63) is 0 Å². The van der Waals surface area contributed by atoms with E-state index in [2.05, 4.69) is 19.2 Å². The zero-order valence-corrected chi connectivity index (χ0v) is 11.9. The van der Waals surface area contributed by atoms with Crippen molar-refractivity contribution in [1.82, 2.24) is 5.32 Å². The molecule has 0 aromatic heterocycles. The molecule has 0 unspecified atom stereocenters. The van der Waals surface area contributed by atoms with Gasteiger partial charge in [-0.05, 0) is 50.4 Å². The van der Waals surface area contributed by atoms with Crippen LogP contribution in [0.5, 0.6) is 0 Å². The van der Waals surface area contributed by atoms with E-state index in [4.69, 9.17) is 5.73 Å². The zero-order valence-electron chi connectivity index (χ0n) is 11.9. The SMILES string of the molecule is CCC1CCC(NC(=O)C2(CN)CC(C)C2)CC1. The third-order valence-corrected chi connectivity index (χ3v) is 5.11. The monoisotopic (exact) mass is 252 g/mol. The molecule has 0 aromatic carbocycles. The third kappa shape index (κ3) is 2.71. The molecule has 3 nitrogen and oxygen atoms in total. The Morgan fingerprint density at radius 1 is 1.28 bits per heavy atom. The predicted molar refractivity (Wildman–Crippen MR) is 74.1 cm³/mol. The fraction of sp³-hybridized carbons (Fsp3) is 0.933. The molecule has 2 fully saturated rings. The second-order valence-electron chi connectivity index (χ2n) is 6.60. The van der Waals surface area contributed by atoms with E-state index in [9.17, 15) is 4.79 Å². The van der Waals surface area contributed by atoms with Gasteiger partial charge in [-0.1, -0.05) is 20.3 Å². The van der Waals surface area contributed by atoms with Crippen LogP contribution in [-0.4, -0.2) is 18.5 Å². The van der Waals surface area contributed by atoms with Crippen molar-refractivity contribution in [2.75, 3.05) is 6.54 Å². The summed E-state index contributed by atoms with van der Waals surface area (Å²) in [6.45, 7) is 4.98. The Balaban J connectivity index is 1.81.